The van der Waals surface area contributed by atoms with Gasteiger partial charge in [-0.05, 0) is 38.8 Å². The molecule has 0 amide bonds. The molecule has 0 bridgehead atoms. The minimum atomic E-state index is 0. The van der Waals surface area contributed by atoms with Gasteiger partial charge in [-0.15, -0.1) is 23.7 Å². The number of aryl methyl sites for hydroxylation is 2. The van der Waals surface area contributed by atoms with Gasteiger partial charge in [0.2, 0.25) is 0 Å². The molecule has 2 N–H and O–H groups in total. The van der Waals surface area contributed by atoms with E-state index in [0.717, 1.165) is 6.42 Å². The lowest BCUT2D eigenvalue weighted by atomic mass is 10.1. The Morgan fingerprint density at radius 3 is 2.42 bits per heavy atom. The van der Waals surface area contributed by atoms with Crippen LogP contribution in [0.5, 0.6) is 0 Å². The Morgan fingerprint density at radius 1 is 1.50 bits per heavy atom. The molecule has 3 heteroatoms. The predicted molar refractivity (Wildman–Crippen MR) is 58.4 cm³/mol. The molecule has 1 rings (SSSR count). The fourth-order valence-electron chi connectivity index (χ4n) is 1.23. The molecule has 0 fully saturated rings. The molecule has 1 aromatic rings. The number of thiophene rings is 1. The molecule has 0 saturated carbocycles. The van der Waals surface area contributed by atoms with Gasteiger partial charge in [0.15, 0.2) is 0 Å². The van der Waals surface area contributed by atoms with Crippen molar-refractivity contribution in [3.05, 3.63) is 21.4 Å². The molecule has 70 valence electrons. The van der Waals surface area contributed by atoms with Gasteiger partial charge in [0, 0.05) is 15.8 Å². The third-order valence-corrected chi connectivity index (χ3v) is 2.69. The molecule has 1 nitrogen and oxygen atoms in total. The molecule has 0 spiro atoms. The zero-order valence-corrected chi connectivity index (χ0v) is 9.39. The SMILES string of the molecule is Cc1cc(CC(C)N)c(C)s1.Cl. The molecule has 1 aromatic heterocycles. The fourth-order valence-corrected chi connectivity index (χ4v) is 2.19. The number of nitrogens with two attached hydrogens (primary N) is 1. The molecule has 0 saturated heterocycles. The van der Waals surface area contributed by atoms with Crippen molar-refractivity contribution in [2.45, 2.75) is 33.2 Å². The second-order valence-corrected chi connectivity index (χ2v) is 4.58. The Labute approximate surface area is 84.4 Å². The molecular formula is C9H16ClNS. The number of hydrogen-bond acceptors (Lipinski definition) is 2. The quantitative estimate of drug-likeness (QED) is 0.790. The first-order chi connectivity index (χ1) is 5.09. The van der Waals surface area contributed by atoms with Crippen LogP contribution >= 0.6 is 23.7 Å². The summed E-state index contributed by atoms with van der Waals surface area (Å²) >= 11 is 1.86. The van der Waals surface area contributed by atoms with Crippen molar-refractivity contribution < 1.29 is 0 Å². The molecular weight excluding hydrogens is 190 g/mol. The summed E-state index contributed by atoms with van der Waals surface area (Å²) in [7, 11) is 0. The van der Waals surface area contributed by atoms with E-state index < -0.39 is 0 Å². The summed E-state index contributed by atoms with van der Waals surface area (Å²) < 4.78 is 0. The molecule has 0 aliphatic carbocycles. The first-order valence-electron chi connectivity index (χ1n) is 3.91. The first-order valence-corrected chi connectivity index (χ1v) is 4.72. The largest absolute Gasteiger partial charge is 0.328 e. The molecule has 0 aliphatic heterocycles. The zero-order valence-electron chi connectivity index (χ0n) is 7.76. The van der Waals surface area contributed by atoms with Crippen LogP contribution in [0, 0.1) is 13.8 Å². The van der Waals surface area contributed by atoms with Crippen LogP contribution in [0.1, 0.15) is 22.2 Å². The van der Waals surface area contributed by atoms with Crippen molar-refractivity contribution in [2.75, 3.05) is 0 Å². The second kappa shape index (κ2) is 4.85. The van der Waals surface area contributed by atoms with E-state index in [-0.39, 0.29) is 18.4 Å². The Kier molecular flexibility index (Phi) is 4.83. The maximum Gasteiger partial charge on any atom is 0.00513 e. The summed E-state index contributed by atoms with van der Waals surface area (Å²) in [5.74, 6) is 0. The highest BCUT2D eigenvalue weighted by molar-refractivity contribution is 7.12. The lowest BCUT2D eigenvalue weighted by molar-refractivity contribution is 0.737. The summed E-state index contributed by atoms with van der Waals surface area (Å²) in [4.78, 5) is 2.80. The van der Waals surface area contributed by atoms with Gasteiger partial charge in [0.1, 0.15) is 0 Å². The van der Waals surface area contributed by atoms with Crippen LogP contribution in [0.4, 0.5) is 0 Å². The van der Waals surface area contributed by atoms with Crippen LogP contribution < -0.4 is 5.73 Å². The van der Waals surface area contributed by atoms with E-state index in [1.54, 1.807) is 0 Å². The number of rotatable bonds is 2. The van der Waals surface area contributed by atoms with Gasteiger partial charge >= 0.3 is 0 Å². The topological polar surface area (TPSA) is 26.0 Å². The molecule has 0 aromatic carbocycles. The lowest BCUT2D eigenvalue weighted by Crippen LogP contribution is -2.17. The highest BCUT2D eigenvalue weighted by Crippen LogP contribution is 2.21. The second-order valence-electron chi connectivity index (χ2n) is 3.12. The maximum atomic E-state index is 5.71. The van der Waals surface area contributed by atoms with Crippen LogP contribution in [0.2, 0.25) is 0 Å². The number of halogens is 1. The third-order valence-electron chi connectivity index (χ3n) is 1.69. The van der Waals surface area contributed by atoms with Crippen molar-refractivity contribution in [1.29, 1.82) is 0 Å². The van der Waals surface area contributed by atoms with Gasteiger partial charge in [-0.2, -0.15) is 0 Å². The third kappa shape index (κ3) is 3.13. The van der Waals surface area contributed by atoms with Crippen LogP contribution in [-0.4, -0.2) is 6.04 Å². The fraction of sp³-hybridized carbons (Fsp3) is 0.556. The monoisotopic (exact) mass is 205 g/mol. The average molecular weight is 206 g/mol. The predicted octanol–water partition coefficient (Wildman–Crippen LogP) is 2.68. The summed E-state index contributed by atoms with van der Waals surface area (Å²) in [6.45, 7) is 6.35. The molecule has 1 atom stereocenters. The van der Waals surface area contributed by atoms with Crippen LogP contribution in [-0.2, 0) is 6.42 Å². The molecule has 0 aliphatic rings. The van der Waals surface area contributed by atoms with Crippen LogP contribution in [0.25, 0.3) is 0 Å². The van der Waals surface area contributed by atoms with Gasteiger partial charge in [0.25, 0.3) is 0 Å². The van der Waals surface area contributed by atoms with Gasteiger partial charge < -0.3 is 5.73 Å². The van der Waals surface area contributed by atoms with E-state index in [0.29, 0.717) is 0 Å². The Bertz CT molecular complexity index is 243. The standard InChI is InChI=1S/C9H15NS.ClH/c1-6(10)4-9-5-7(2)11-8(9)3;/h5-6H,4,10H2,1-3H3;1H. The van der Waals surface area contributed by atoms with Gasteiger partial charge in [-0.3, -0.25) is 0 Å². The van der Waals surface area contributed by atoms with E-state index in [4.69, 9.17) is 5.73 Å². The minimum Gasteiger partial charge on any atom is -0.328 e. The summed E-state index contributed by atoms with van der Waals surface area (Å²) in [5, 5.41) is 0. The van der Waals surface area contributed by atoms with Gasteiger partial charge in [-0.25, -0.2) is 0 Å². The van der Waals surface area contributed by atoms with Gasteiger partial charge in [0.05, 0.1) is 0 Å². The van der Waals surface area contributed by atoms with Crippen molar-refractivity contribution >= 4 is 23.7 Å². The number of hydrogen-bond donors (Lipinski definition) is 1. The summed E-state index contributed by atoms with van der Waals surface area (Å²) in [5.41, 5.74) is 7.13. The lowest BCUT2D eigenvalue weighted by Gasteiger charge is -2.02. The smallest absolute Gasteiger partial charge is 0.00513 e. The van der Waals surface area contributed by atoms with Crippen molar-refractivity contribution in [2.24, 2.45) is 5.73 Å². The van der Waals surface area contributed by atoms with E-state index in [2.05, 4.69) is 19.9 Å². The summed E-state index contributed by atoms with van der Waals surface area (Å²) in [6.07, 6.45) is 1.01. The highest BCUT2D eigenvalue weighted by Gasteiger charge is 2.04. The van der Waals surface area contributed by atoms with Crippen LogP contribution in [0.15, 0.2) is 6.07 Å². The molecule has 1 heterocycles. The van der Waals surface area contributed by atoms with Gasteiger partial charge in [-0.1, -0.05) is 0 Å². The minimum absolute atomic E-state index is 0. The van der Waals surface area contributed by atoms with Crippen molar-refractivity contribution in [3.63, 3.8) is 0 Å². The maximum absolute atomic E-state index is 5.71. The van der Waals surface area contributed by atoms with Crippen molar-refractivity contribution in [3.8, 4) is 0 Å². The Hall–Kier alpha value is -0.0500. The van der Waals surface area contributed by atoms with E-state index in [1.165, 1.54) is 15.3 Å². The van der Waals surface area contributed by atoms with E-state index >= 15 is 0 Å². The zero-order chi connectivity index (χ0) is 8.43. The molecule has 1 unspecified atom stereocenters. The first kappa shape index (κ1) is 11.9. The average Bonchev–Trinajstić information content (AvgIpc) is 2.09. The van der Waals surface area contributed by atoms with E-state index in [9.17, 15) is 0 Å². The Balaban J connectivity index is 0.00000121. The summed E-state index contributed by atoms with van der Waals surface area (Å²) in [6, 6.07) is 2.52. The highest BCUT2D eigenvalue weighted by atomic mass is 35.5. The van der Waals surface area contributed by atoms with E-state index in [1.807, 2.05) is 18.3 Å². The van der Waals surface area contributed by atoms with Crippen molar-refractivity contribution in [1.82, 2.24) is 0 Å². The Morgan fingerprint density at radius 2 is 2.08 bits per heavy atom. The normalized spacial score (nSPS) is 12.3. The molecule has 0 radical (unpaired) electrons. The molecule has 12 heavy (non-hydrogen) atoms. The van der Waals surface area contributed by atoms with Crippen LogP contribution in [0.3, 0.4) is 0 Å².